The first-order valence-corrected chi connectivity index (χ1v) is 19.4. The number of allylic oxidation sites excluding steroid dienone is 16. The average molecular weight is 724 g/mol. The second-order valence-corrected chi connectivity index (χ2v) is 13.6. The zero-order valence-electron chi connectivity index (χ0n) is 32.9. The van der Waals surface area contributed by atoms with Crippen LogP contribution in [0.3, 0.4) is 0 Å². The number of carboxylic acid groups (broad SMARTS) is 1. The summed E-state index contributed by atoms with van der Waals surface area (Å²) in [6, 6.07) is -0.743. The smallest absolute Gasteiger partial charge is 0.306 e. The van der Waals surface area contributed by atoms with Crippen LogP contribution in [0.25, 0.3) is 0 Å². The second-order valence-electron chi connectivity index (χ2n) is 13.6. The summed E-state index contributed by atoms with van der Waals surface area (Å²) in [6.45, 7) is 4.34. The molecule has 2 atom stereocenters. The highest BCUT2D eigenvalue weighted by Crippen LogP contribution is 2.11. The normalized spacial score (nSPS) is 14.1. The molecule has 0 spiro atoms. The van der Waals surface area contributed by atoms with E-state index >= 15 is 0 Å². The third kappa shape index (κ3) is 32.2. The summed E-state index contributed by atoms with van der Waals surface area (Å²) in [7, 11) is 5.36. The van der Waals surface area contributed by atoms with Crippen LogP contribution in [0.15, 0.2) is 97.2 Å². The number of carbonyl (C=O) groups is 3. The van der Waals surface area contributed by atoms with Crippen molar-refractivity contribution in [1.29, 1.82) is 0 Å². The zero-order valence-corrected chi connectivity index (χ0v) is 32.9. The molecule has 0 saturated heterocycles. The summed E-state index contributed by atoms with van der Waals surface area (Å²) in [5.41, 5.74) is 0. The lowest BCUT2D eigenvalue weighted by atomic mass is 10.1. The molecule has 0 aromatic rings. The summed E-state index contributed by atoms with van der Waals surface area (Å²) in [6.07, 6.45) is 44.3. The Morgan fingerprint density at radius 1 is 0.596 bits per heavy atom. The molecule has 0 aliphatic heterocycles. The molecule has 0 heterocycles. The molecular weight excluding hydrogens is 654 g/mol. The number of carbonyl (C=O) groups excluding carboxylic acids is 3. The molecule has 0 fully saturated rings. The predicted molar refractivity (Wildman–Crippen MR) is 212 cm³/mol. The number of rotatable bonds is 32. The summed E-state index contributed by atoms with van der Waals surface area (Å²) in [5.74, 6) is -1.85. The SMILES string of the molecule is CC/C=C/C=C/C=C/C=C/C=C/C=C/CCCCCC(=O)OC(COCCC(C(=O)[O-])[N+](C)(C)C)COC(=O)CCCCC/C=C/C=C/CCCC. The van der Waals surface area contributed by atoms with Gasteiger partial charge in [0, 0.05) is 19.3 Å². The number of likely N-dealkylation sites (N-methyl/N-ethyl adjacent to an activating group) is 1. The molecule has 292 valence electrons. The first kappa shape index (κ1) is 48.2. The summed E-state index contributed by atoms with van der Waals surface area (Å²) in [4.78, 5) is 36.7. The number of hydrogen-bond acceptors (Lipinski definition) is 7. The summed E-state index contributed by atoms with van der Waals surface area (Å²) < 4.78 is 17.0. The Morgan fingerprint density at radius 3 is 1.58 bits per heavy atom. The third-order valence-electron chi connectivity index (χ3n) is 7.89. The minimum atomic E-state index is -1.14. The summed E-state index contributed by atoms with van der Waals surface area (Å²) >= 11 is 0. The Morgan fingerprint density at radius 2 is 1.08 bits per heavy atom. The van der Waals surface area contributed by atoms with E-state index in [0.29, 0.717) is 12.8 Å². The van der Waals surface area contributed by atoms with E-state index in [9.17, 15) is 19.5 Å². The molecule has 52 heavy (non-hydrogen) atoms. The number of unbranched alkanes of at least 4 members (excludes halogenated alkanes) is 8. The van der Waals surface area contributed by atoms with E-state index in [1.165, 1.54) is 12.8 Å². The van der Waals surface area contributed by atoms with Crippen molar-refractivity contribution in [1.82, 2.24) is 0 Å². The number of aliphatic carboxylic acids is 1. The van der Waals surface area contributed by atoms with Crippen LogP contribution in [0.5, 0.6) is 0 Å². The molecule has 0 aromatic carbocycles. The molecule has 0 aromatic heterocycles. The maximum atomic E-state index is 12.6. The van der Waals surface area contributed by atoms with Gasteiger partial charge in [-0.1, -0.05) is 137 Å². The topological polar surface area (TPSA) is 102 Å². The first-order chi connectivity index (χ1) is 25.1. The number of ether oxygens (including phenoxy) is 3. The Kier molecular flexibility index (Phi) is 31.9. The van der Waals surface area contributed by atoms with E-state index in [4.69, 9.17) is 14.2 Å². The minimum absolute atomic E-state index is 0.00658. The molecule has 0 aliphatic rings. The monoisotopic (exact) mass is 724 g/mol. The Labute approximate surface area is 316 Å². The van der Waals surface area contributed by atoms with Gasteiger partial charge in [0.15, 0.2) is 6.10 Å². The van der Waals surface area contributed by atoms with Crippen LogP contribution >= 0.6 is 0 Å². The number of esters is 2. The standard InChI is InChI=1S/C44H69NO7/c1-6-8-10-12-14-16-18-19-20-21-22-23-25-27-29-31-33-35-43(47)52-40(38-50-37-36-41(44(48)49)45(3,4)5)39-51-42(46)34-32-30-28-26-24-17-15-13-11-9-7-2/h8,10,12-25,40-41H,6-7,9,11,26-39H2,1-5H3/b10-8+,14-12+,15-13+,18-16+,20-19+,22-21+,24-17+,25-23+. The second kappa shape index (κ2) is 34.3. The van der Waals surface area contributed by atoms with Crippen molar-refractivity contribution >= 4 is 17.9 Å². The van der Waals surface area contributed by atoms with Gasteiger partial charge in [0.2, 0.25) is 0 Å². The maximum Gasteiger partial charge on any atom is 0.306 e. The highest BCUT2D eigenvalue weighted by Gasteiger charge is 2.25. The van der Waals surface area contributed by atoms with Crippen LogP contribution < -0.4 is 5.11 Å². The maximum absolute atomic E-state index is 12.6. The Balaban J connectivity index is 4.59. The van der Waals surface area contributed by atoms with E-state index in [1.54, 1.807) is 21.1 Å². The fourth-order valence-corrected chi connectivity index (χ4v) is 4.84. The Hall–Kier alpha value is -3.75. The van der Waals surface area contributed by atoms with Gasteiger partial charge in [0.1, 0.15) is 12.6 Å². The van der Waals surface area contributed by atoms with Crippen molar-refractivity contribution in [2.75, 3.05) is 41.0 Å². The van der Waals surface area contributed by atoms with Crippen LogP contribution in [-0.4, -0.2) is 75.5 Å². The van der Waals surface area contributed by atoms with Gasteiger partial charge in [-0.25, -0.2) is 0 Å². The molecule has 0 N–H and O–H groups in total. The number of nitrogens with zero attached hydrogens (tertiary/aromatic N) is 1. The highest BCUT2D eigenvalue weighted by atomic mass is 16.6. The van der Waals surface area contributed by atoms with E-state index < -0.39 is 18.1 Å². The largest absolute Gasteiger partial charge is 0.544 e. The lowest BCUT2D eigenvalue weighted by Gasteiger charge is -2.34. The van der Waals surface area contributed by atoms with Crippen molar-refractivity contribution in [3.05, 3.63) is 97.2 Å². The van der Waals surface area contributed by atoms with Gasteiger partial charge in [-0.15, -0.1) is 0 Å². The fourth-order valence-electron chi connectivity index (χ4n) is 4.84. The molecule has 0 rings (SSSR count). The summed E-state index contributed by atoms with van der Waals surface area (Å²) in [5, 5.41) is 11.6. The number of hydrogen-bond donors (Lipinski definition) is 0. The van der Waals surface area contributed by atoms with Crippen molar-refractivity contribution in [3.8, 4) is 0 Å². The molecule has 0 amide bonds. The van der Waals surface area contributed by atoms with E-state index in [2.05, 4.69) is 50.3 Å². The van der Waals surface area contributed by atoms with E-state index in [1.807, 2.05) is 60.8 Å². The van der Waals surface area contributed by atoms with Gasteiger partial charge in [-0.3, -0.25) is 9.59 Å². The van der Waals surface area contributed by atoms with Gasteiger partial charge in [-0.2, -0.15) is 0 Å². The van der Waals surface area contributed by atoms with Gasteiger partial charge in [0.05, 0.1) is 40.3 Å². The number of quaternary nitrogens is 1. The van der Waals surface area contributed by atoms with Gasteiger partial charge in [-0.05, 0) is 51.4 Å². The first-order valence-electron chi connectivity index (χ1n) is 19.4. The minimum Gasteiger partial charge on any atom is -0.544 e. The fraction of sp³-hybridized carbons (Fsp3) is 0.568. The molecule has 2 unspecified atom stereocenters. The van der Waals surface area contributed by atoms with E-state index in [0.717, 1.165) is 57.8 Å². The Bertz CT molecular complexity index is 1170. The predicted octanol–water partition coefficient (Wildman–Crippen LogP) is 8.62. The molecule has 0 bridgehead atoms. The molecule has 8 nitrogen and oxygen atoms in total. The lowest BCUT2D eigenvalue weighted by Crippen LogP contribution is -2.55. The van der Waals surface area contributed by atoms with E-state index in [-0.39, 0.29) is 49.1 Å². The number of carboxylic acids is 1. The molecule has 0 aliphatic carbocycles. The van der Waals surface area contributed by atoms with Crippen molar-refractivity contribution in [3.63, 3.8) is 0 Å². The van der Waals surface area contributed by atoms with Crippen molar-refractivity contribution < 1.29 is 38.2 Å². The highest BCUT2D eigenvalue weighted by molar-refractivity contribution is 5.70. The van der Waals surface area contributed by atoms with Gasteiger partial charge >= 0.3 is 11.9 Å². The quantitative estimate of drug-likeness (QED) is 0.0297. The van der Waals surface area contributed by atoms with Crippen LogP contribution in [-0.2, 0) is 28.6 Å². The molecular formula is C44H69NO7. The third-order valence-corrected chi connectivity index (χ3v) is 7.89. The average Bonchev–Trinajstić information content (AvgIpc) is 3.09. The lowest BCUT2D eigenvalue weighted by molar-refractivity contribution is -0.889. The van der Waals surface area contributed by atoms with Crippen molar-refractivity contribution in [2.45, 2.75) is 122 Å². The van der Waals surface area contributed by atoms with Crippen LogP contribution in [0.4, 0.5) is 0 Å². The zero-order chi connectivity index (χ0) is 38.5. The van der Waals surface area contributed by atoms with Gasteiger partial charge in [0.25, 0.3) is 0 Å². The van der Waals surface area contributed by atoms with Gasteiger partial charge < -0.3 is 28.6 Å². The van der Waals surface area contributed by atoms with Crippen LogP contribution in [0.2, 0.25) is 0 Å². The molecule has 0 radical (unpaired) electrons. The molecule has 8 heteroatoms. The van der Waals surface area contributed by atoms with Crippen molar-refractivity contribution in [2.24, 2.45) is 0 Å². The van der Waals surface area contributed by atoms with Crippen LogP contribution in [0.1, 0.15) is 110 Å². The van der Waals surface area contributed by atoms with Crippen LogP contribution in [0, 0.1) is 0 Å². The molecule has 0 saturated carbocycles.